The summed E-state index contributed by atoms with van der Waals surface area (Å²) in [6.07, 6.45) is 2.65. The van der Waals surface area contributed by atoms with E-state index in [4.69, 9.17) is 9.47 Å². The molecule has 1 unspecified atom stereocenters. The lowest BCUT2D eigenvalue weighted by Gasteiger charge is -2.17. The third-order valence-electron chi connectivity index (χ3n) is 4.51. The topological polar surface area (TPSA) is 81.7 Å². The fourth-order valence-corrected chi connectivity index (χ4v) is 4.60. The highest BCUT2D eigenvalue weighted by Crippen LogP contribution is 2.39. The summed E-state index contributed by atoms with van der Waals surface area (Å²) >= 11 is 1.40. The summed E-state index contributed by atoms with van der Waals surface area (Å²) in [7, 11) is 0. The van der Waals surface area contributed by atoms with Gasteiger partial charge in [-0.2, -0.15) is 0 Å². The normalized spacial score (nSPS) is 13.9. The van der Waals surface area contributed by atoms with Gasteiger partial charge in [-0.1, -0.05) is 30.3 Å². The van der Waals surface area contributed by atoms with Crippen molar-refractivity contribution < 1.29 is 23.9 Å². The minimum atomic E-state index is -1.09. The molecule has 1 aliphatic rings. The molecule has 0 radical (unpaired) electrons. The van der Waals surface area contributed by atoms with Crippen molar-refractivity contribution >= 4 is 34.2 Å². The van der Waals surface area contributed by atoms with Crippen LogP contribution in [-0.4, -0.2) is 24.5 Å². The van der Waals surface area contributed by atoms with E-state index in [9.17, 15) is 14.4 Å². The smallest absolute Gasteiger partial charge is 0.341 e. The summed E-state index contributed by atoms with van der Waals surface area (Å²) in [5.74, 6) is -1.48. The van der Waals surface area contributed by atoms with Crippen LogP contribution in [0.2, 0.25) is 0 Å². The minimum Gasteiger partial charge on any atom is -0.462 e. The highest BCUT2D eigenvalue weighted by atomic mass is 32.1. The molecule has 1 atom stereocenters. The number of thiophene rings is 1. The highest BCUT2D eigenvalue weighted by Gasteiger charge is 2.30. The van der Waals surface area contributed by atoms with Crippen LogP contribution in [0.4, 0.5) is 5.00 Å². The Hall–Kier alpha value is -2.67. The maximum Gasteiger partial charge on any atom is 0.341 e. The number of ether oxygens (including phenoxy) is 2. The Kier molecular flexibility index (Phi) is 6.46. The van der Waals surface area contributed by atoms with Crippen LogP contribution in [0.3, 0.4) is 0 Å². The fourth-order valence-electron chi connectivity index (χ4n) is 3.32. The van der Waals surface area contributed by atoms with Gasteiger partial charge in [0, 0.05) is 17.4 Å². The zero-order valence-electron chi connectivity index (χ0n) is 15.9. The van der Waals surface area contributed by atoms with Gasteiger partial charge in [-0.3, -0.25) is 9.59 Å². The predicted octanol–water partition coefficient (Wildman–Crippen LogP) is 4.05. The molecule has 0 saturated heterocycles. The van der Waals surface area contributed by atoms with Crippen molar-refractivity contribution in [3.05, 3.63) is 51.9 Å². The first-order valence-electron chi connectivity index (χ1n) is 9.36. The highest BCUT2D eigenvalue weighted by molar-refractivity contribution is 7.17. The van der Waals surface area contributed by atoms with Gasteiger partial charge in [0.2, 0.25) is 6.10 Å². The molecule has 28 heavy (non-hydrogen) atoms. The van der Waals surface area contributed by atoms with E-state index in [-0.39, 0.29) is 6.61 Å². The van der Waals surface area contributed by atoms with Crippen LogP contribution >= 0.6 is 11.3 Å². The lowest BCUT2D eigenvalue weighted by atomic mass is 9.95. The number of anilines is 1. The Balaban J connectivity index is 1.92. The third-order valence-corrected chi connectivity index (χ3v) is 5.72. The quantitative estimate of drug-likeness (QED) is 0.739. The lowest BCUT2D eigenvalue weighted by molar-refractivity contribution is -0.152. The Morgan fingerprint density at radius 3 is 2.54 bits per heavy atom. The molecule has 7 heteroatoms. The number of hydrogen-bond acceptors (Lipinski definition) is 6. The SMILES string of the molecule is CCOC(=O)c1c(NC(=O)C(OC(C)=O)c2ccccc2)sc2c1CCCC2. The van der Waals surface area contributed by atoms with Crippen LogP contribution in [0.1, 0.15) is 59.2 Å². The lowest BCUT2D eigenvalue weighted by Crippen LogP contribution is -2.25. The zero-order chi connectivity index (χ0) is 20.1. The second-order valence-electron chi connectivity index (χ2n) is 6.52. The molecule has 1 aliphatic carbocycles. The van der Waals surface area contributed by atoms with E-state index in [0.29, 0.717) is 16.1 Å². The number of carbonyl (C=O) groups excluding carboxylic acids is 3. The number of esters is 2. The van der Waals surface area contributed by atoms with Crippen LogP contribution in [0.5, 0.6) is 0 Å². The van der Waals surface area contributed by atoms with Crippen molar-refractivity contribution in [1.29, 1.82) is 0 Å². The second kappa shape index (κ2) is 9.01. The molecule has 6 nitrogen and oxygen atoms in total. The van der Waals surface area contributed by atoms with Gasteiger partial charge in [0.05, 0.1) is 12.2 Å². The van der Waals surface area contributed by atoms with Crippen LogP contribution in [0.15, 0.2) is 30.3 Å². The van der Waals surface area contributed by atoms with Gasteiger partial charge in [0.15, 0.2) is 0 Å². The number of rotatable bonds is 6. The van der Waals surface area contributed by atoms with E-state index < -0.39 is 23.9 Å². The van der Waals surface area contributed by atoms with Crippen molar-refractivity contribution in [1.82, 2.24) is 0 Å². The molecular formula is C21H23NO5S. The van der Waals surface area contributed by atoms with Gasteiger partial charge in [0.1, 0.15) is 5.00 Å². The molecule has 0 aliphatic heterocycles. The number of fused-ring (bicyclic) bond motifs is 1. The van der Waals surface area contributed by atoms with Crippen LogP contribution in [0.25, 0.3) is 0 Å². The van der Waals surface area contributed by atoms with Crippen molar-refractivity contribution in [2.75, 3.05) is 11.9 Å². The first kappa shape index (κ1) is 20.1. The van der Waals surface area contributed by atoms with E-state index >= 15 is 0 Å². The van der Waals surface area contributed by atoms with E-state index in [2.05, 4.69) is 5.32 Å². The summed E-state index contributed by atoms with van der Waals surface area (Å²) in [6, 6.07) is 8.80. The average molecular weight is 401 g/mol. The van der Waals surface area contributed by atoms with Gasteiger partial charge in [-0.25, -0.2) is 4.79 Å². The second-order valence-corrected chi connectivity index (χ2v) is 7.63. The van der Waals surface area contributed by atoms with Gasteiger partial charge >= 0.3 is 11.9 Å². The van der Waals surface area contributed by atoms with Crippen molar-refractivity contribution in [2.24, 2.45) is 0 Å². The third kappa shape index (κ3) is 4.42. The number of nitrogens with one attached hydrogen (secondary N) is 1. The van der Waals surface area contributed by atoms with Gasteiger partial charge in [0.25, 0.3) is 5.91 Å². The number of benzene rings is 1. The van der Waals surface area contributed by atoms with E-state index in [0.717, 1.165) is 36.1 Å². The first-order valence-corrected chi connectivity index (χ1v) is 10.2. The van der Waals surface area contributed by atoms with E-state index in [1.165, 1.54) is 18.3 Å². The summed E-state index contributed by atoms with van der Waals surface area (Å²) in [6.45, 7) is 3.27. The number of amides is 1. The maximum absolute atomic E-state index is 13.0. The predicted molar refractivity (Wildman–Crippen MR) is 106 cm³/mol. The maximum atomic E-state index is 13.0. The Labute approximate surface area is 167 Å². The molecule has 2 aromatic rings. The fraction of sp³-hybridized carbons (Fsp3) is 0.381. The first-order chi connectivity index (χ1) is 13.5. The molecular weight excluding hydrogens is 378 g/mol. The molecule has 0 bridgehead atoms. The Morgan fingerprint density at radius 2 is 1.86 bits per heavy atom. The standard InChI is InChI=1S/C21H23NO5S/c1-3-26-21(25)17-15-11-7-8-12-16(15)28-20(17)22-19(24)18(27-13(2)23)14-9-5-4-6-10-14/h4-6,9-10,18H,3,7-8,11-12H2,1-2H3,(H,22,24). The summed E-state index contributed by atoms with van der Waals surface area (Å²) < 4.78 is 10.5. The van der Waals surface area contributed by atoms with Crippen molar-refractivity contribution in [3.8, 4) is 0 Å². The van der Waals surface area contributed by atoms with Crippen LogP contribution in [-0.2, 0) is 31.9 Å². The molecule has 1 amide bonds. The molecule has 1 heterocycles. The summed E-state index contributed by atoms with van der Waals surface area (Å²) in [5.41, 5.74) is 1.97. The van der Waals surface area contributed by atoms with E-state index in [1.54, 1.807) is 31.2 Å². The molecule has 1 aromatic carbocycles. The Bertz CT molecular complexity index is 874. The molecule has 148 valence electrons. The summed E-state index contributed by atoms with van der Waals surface area (Å²) in [4.78, 5) is 38.1. The van der Waals surface area contributed by atoms with Crippen LogP contribution < -0.4 is 5.32 Å². The average Bonchev–Trinajstić information content (AvgIpc) is 3.04. The Morgan fingerprint density at radius 1 is 1.14 bits per heavy atom. The van der Waals surface area contributed by atoms with Crippen molar-refractivity contribution in [2.45, 2.75) is 45.6 Å². The van der Waals surface area contributed by atoms with Crippen molar-refractivity contribution in [3.63, 3.8) is 0 Å². The molecule has 0 saturated carbocycles. The van der Waals surface area contributed by atoms with Gasteiger partial charge < -0.3 is 14.8 Å². The zero-order valence-corrected chi connectivity index (χ0v) is 16.8. The number of hydrogen-bond donors (Lipinski definition) is 1. The molecule has 0 spiro atoms. The number of carbonyl (C=O) groups is 3. The minimum absolute atomic E-state index is 0.261. The summed E-state index contributed by atoms with van der Waals surface area (Å²) in [5, 5.41) is 3.27. The molecule has 1 aromatic heterocycles. The monoisotopic (exact) mass is 401 g/mol. The van der Waals surface area contributed by atoms with Crippen LogP contribution in [0, 0.1) is 0 Å². The molecule has 0 fully saturated rings. The molecule has 1 N–H and O–H groups in total. The van der Waals surface area contributed by atoms with Gasteiger partial charge in [-0.05, 0) is 38.2 Å². The number of aryl methyl sites for hydroxylation is 1. The molecule has 3 rings (SSSR count). The van der Waals surface area contributed by atoms with Gasteiger partial charge in [-0.15, -0.1) is 11.3 Å². The largest absolute Gasteiger partial charge is 0.462 e. The van der Waals surface area contributed by atoms with E-state index in [1.807, 2.05) is 6.07 Å².